The lowest BCUT2D eigenvalue weighted by Gasteiger charge is -2.32. The molecule has 0 saturated heterocycles. The van der Waals surface area contributed by atoms with Gasteiger partial charge in [0.15, 0.2) is 0 Å². The maximum absolute atomic E-state index is 13.9. The largest absolute Gasteiger partial charge is 0.352 e. The Hall–Kier alpha value is -3.07. The lowest BCUT2D eigenvalue weighted by atomic mass is 10.1. The average molecular weight is 591 g/mol. The van der Waals surface area contributed by atoms with Crippen molar-refractivity contribution in [2.75, 3.05) is 10.8 Å². The Morgan fingerprint density at radius 3 is 2.03 bits per heavy atom. The molecule has 3 rings (SSSR count). The van der Waals surface area contributed by atoms with Gasteiger partial charge in [-0.05, 0) is 88.2 Å². The minimum atomic E-state index is -4.15. The van der Waals surface area contributed by atoms with Crippen LogP contribution in [-0.2, 0) is 26.2 Å². The molecule has 0 aromatic heterocycles. The van der Waals surface area contributed by atoms with Crippen molar-refractivity contribution in [2.45, 2.75) is 58.1 Å². The molecule has 0 spiro atoms. The molecule has 0 fully saturated rings. The molecule has 3 aromatic carbocycles. The third kappa shape index (κ3) is 7.75. The van der Waals surface area contributed by atoms with E-state index in [1.165, 1.54) is 17.0 Å². The van der Waals surface area contributed by atoms with Crippen LogP contribution < -0.4 is 9.62 Å². The van der Waals surface area contributed by atoms with Crippen LogP contribution in [0.3, 0.4) is 0 Å². The van der Waals surface area contributed by atoms with Crippen molar-refractivity contribution >= 4 is 50.7 Å². The highest BCUT2D eigenvalue weighted by Crippen LogP contribution is 2.29. The van der Waals surface area contributed by atoms with Crippen LogP contribution in [0.15, 0.2) is 71.6 Å². The number of hydrogen-bond acceptors (Lipinski definition) is 4. The number of anilines is 1. The van der Waals surface area contributed by atoms with Crippen LogP contribution in [-0.4, -0.2) is 43.8 Å². The van der Waals surface area contributed by atoms with E-state index in [0.717, 1.165) is 15.4 Å². The van der Waals surface area contributed by atoms with Crippen LogP contribution in [0.1, 0.15) is 37.5 Å². The summed E-state index contributed by atoms with van der Waals surface area (Å²) >= 11 is 12.2. The zero-order chi connectivity index (χ0) is 28.9. The van der Waals surface area contributed by atoms with Gasteiger partial charge in [-0.1, -0.05) is 53.0 Å². The molecular weight excluding hydrogens is 557 g/mol. The highest BCUT2D eigenvalue weighted by Gasteiger charge is 2.33. The molecule has 1 atom stereocenters. The van der Waals surface area contributed by atoms with Crippen molar-refractivity contribution < 1.29 is 18.0 Å². The van der Waals surface area contributed by atoms with Crippen LogP contribution in [0.5, 0.6) is 0 Å². The molecule has 0 radical (unpaired) electrons. The topological polar surface area (TPSA) is 86.8 Å². The Morgan fingerprint density at radius 1 is 0.872 bits per heavy atom. The van der Waals surface area contributed by atoms with E-state index in [-0.39, 0.29) is 23.4 Å². The lowest BCUT2D eigenvalue weighted by Crippen LogP contribution is -2.52. The normalized spacial score (nSPS) is 12.2. The van der Waals surface area contributed by atoms with E-state index in [4.69, 9.17) is 23.2 Å². The number of benzene rings is 3. The van der Waals surface area contributed by atoms with E-state index in [0.29, 0.717) is 21.3 Å². The Kier molecular flexibility index (Phi) is 10.0. The van der Waals surface area contributed by atoms with Gasteiger partial charge in [-0.25, -0.2) is 8.42 Å². The molecule has 0 bridgehead atoms. The summed E-state index contributed by atoms with van der Waals surface area (Å²) in [6.45, 7) is 8.43. The van der Waals surface area contributed by atoms with Gasteiger partial charge in [0.25, 0.3) is 10.0 Å². The van der Waals surface area contributed by atoms with Crippen LogP contribution >= 0.6 is 23.2 Å². The summed E-state index contributed by atoms with van der Waals surface area (Å²) in [5.74, 6) is -0.885. The summed E-state index contributed by atoms with van der Waals surface area (Å²) in [6, 6.07) is 17.1. The first kappa shape index (κ1) is 30.5. The van der Waals surface area contributed by atoms with Gasteiger partial charge in [0.2, 0.25) is 11.8 Å². The molecule has 7 nitrogen and oxygen atoms in total. The van der Waals surface area contributed by atoms with Crippen molar-refractivity contribution in [2.24, 2.45) is 0 Å². The van der Waals surface area contributed by atoms with Crippen LogP contribution in [0.2, 0.25) is 10.0 Å². The van der Waals surface area contributed by atoms with E-state index < -0.39 is 28.5 Å². The van der Waals surface area contributed by atoms with Crippen molar-refractivity contribution in [3.63, 3.8) is 0 Å². The standard InChI is InChI=1S/C29H33Cl2N3O4S/c1-19(2)32-29(36)22(5)33(17-23-8-10-24(30)11-9-23)28(35)18-34(27-15-12-25(31)16-21(27)4)39(37,38)26-13-6-20(3)7-14-26/h6-16,19,22H,17-18H2,1-5H3,(H,32,36)/t22-/m1/s1. The predicted molar refractivity (Wildman–Crippen MR) is 157 cm³/mol. The van der Waals surface area contributed by atoms with Crippen LogP contribution in [0.4, 0.5) is 5.69 Å². The van der Waals surface area contributed by atoms with Gasteiger partial charge in [0.1, 0.15) is 12.6 Å². The van der Waals surface area contributed by atoms with E-state index >= 15 is 0 Å². The van der Waals surface area contributed by atoms with E-state index in [2.05, 4.69) is 5.32 Å². The number of rotatable bonds is 10. The lowest BCUT2D eigenvalue weighted by molar-refractivity contribution is -0.139. The monoisotopic (exact) mass is 589 g/mol. The molecule has 0 unspecified atom stereocenters. The second-order valence-corrected chi connectivity index (χ2v) is 12.5. The van der Waals surface area contributed by atoms with Gasteiger partial charge in [0.05, 0.1) is 10.6 Å². The number of hydrogen-bond donors (Lipinski definition) is 1. The number of carbonyl (C=O) groups is 2. The molecule has 1 N–H and O–H groups in total. The molecule has 39 heavy (non-hydrogen) atoms. The minimum Gasteiger partial charge on any atom is -0.352 e. The summed E-state index contributed by atoms with van der Waals surface area (Å²) in [5, 5.41) is 3.81. The van der Waals surface area contributed by atoms with Gasteiger partial charge in [-0.15, -0.1) is 0 Å². The quantitative estimate of drug-likeness (QED) is 0.326. The number of nitrogens with zero attached hydrogens (tertiary/aromatic N) is 2. The van der Waals surface area contributed by atoms with Crippen molar-refractivity contribution in [1.82, 2.24) is 10.2 Å². The van der Waals surface area contributed by atoms with Gasteiger partial charge in [0, 0.05) is 22.6 Å². The fraction of sp³-hybridized carbons (Fsp3) is 0.310. The smallest absolute Gasteiger partial charge is 0.264 e. The summed E-state index contributed by atoms with van der Waals surface area (Å²) in [4.78, 5) is 28.3. The highest BCUT2D eigenvalue weighted by atomic mass is 35.5. The fourth-order valence-corrected chi connectivity index (χ4v) is 5.86. The summed E-state index contributed by atoms with van der Waals surface area (Å²) in [6.07, 6.45) is 0. The van der Waals surface area contributed by atoms with Gasteiger partial charge >= 0.3 is 0 Å². The van der Waals surface area contributed by atoms with E-state index in [9.17, 15) is 18.0 Å². The first-order valence-corrected chi connectivity index (χ1v) is 14.7. The highest BCUT2D eigenvalue weighted by molar-refractivity contribution is 7.92. The average Bonchev–Trinajstić information content (AvgIpc) is 2.86. The molecular formula is C29H33Cl2N3O4S. The Bertz CT molecular complexity index is 1430. The molecule has 2 amide bonds. The van der Waals surface area contributed by atoms with Crippen molar-refractivity contribution in [1.29, 1.82) is 0 Å². The Balaban J connectivity index is 2.06. The number of aryl methyl sites for hydroxylation is 2. The Morgan fingerprint density at radius 2 is 1.46 bits per heavy atom. The number of sulfonamides is 1. The number of amides is 2. The summed E-state index contributed by atoms with van der Waals surface area (Å²) < 4.78 is 28.9. The second kappa shape index (κ2) is 12.9. The SMILES string of the molecule is Cc1ccc(S(=O)(=O)N(CC(=O)N(Cc2ccc(Cl)cc2)[C@H](C)C(=O)NC(C)C)c2ccc(Cl)cc2C)cc1. The van der Waals surface area contributed by atoms with E-state index in [1.807, 2.05) is 20.8 Å². The van der Waals surface area contributed by atoms with Crippen molar-refractivity contribution in [3.05, 3.63) is 93.5 Å². The third-order valence-electron chi connectivity index (χ3n) is 6.18. The maximum Gasteiger partial charge on any atom is 0.264 e. The van der Waals surface area contributed by atoms with E-state index in [1.54, 1.807) is 68.4 Å². The zero-order valence-electron chi connectivity index (χ0n) is 22.6. The number of halogens is 2. The number of carbonyl (C=O) groups excluding carboxylic acids is 2. The predicted octanol–water partition coefficient (Wildman–Crippen LogP) is 5.75. The fourth-order valence-electron chi connectivity index (χ4n) is 4.02. The van der Waals surface area contributed by atoms with Gasteiger partial charge in [-0.2, -0.15) is 0 Å². The minimum absolute atomic E-state index is 0.0464. The zero-order valence-corrected chi connectivity index (χ0v) is 24.9. The number of nitrogens with one attached hydrogen (secondary N) is 1. The first-order chi connectivity index (χ1) is 18.3. The molecule has 208 valence electrons. The summed E-state index contributed by atoms with van der Waals surface area (Å²) in [5.41, 5.74) is 2.55. The van der Waals surface area contributed by atoms with Crippen molar-refractivity contribution in [3.8, 4) is 0 Å². The molecule has 10 heteroatoms. The molecule has 0 aliphatic heterocycles. The van der Waals surface area contributed by atoms with Crippen LogP contribution in [0, 0.1) is 13.8 Å². The first-order valence-electron chi connectivity index (χ1n) is 12.5. The Labute approximate surface area is 240 Å². The van der Waals surface area contributed by atoms with Gasteiger partial charge in [-0.3, -0.25) is 13.9 Å². The van der Waals surface area contributed by atoms with Gasteiger partial charge < -0.3 is 10.2 Å². The molecule has 0 aliphatic carbocycles. The molecule has 0 heterocycles. The molecule has 0 aliphatic rings. The van der Waals surface area contributed by atoms with Crippen LogP contribution in [0.25, 0.3) is 0 Å². The molecule has 3 aromatic rings. The summed E-state index contributed by atoms with van der Waals surface area (Å²) in [7, 11) is -4.15. The second-order valence-electron chi connectivity index (χ2n) is 9.74. The third-order valence-corrected chi connectivity index (χ3v) is 8.44. The molecule has 0 saturated carbocycles. The maximum atomic E-state index is 13.9.